The van der Waals surface area contributed by atoms with Gasteiger partial charge in [0, 0.05) is 6.42 Å². The van der Waals surface area contributed by atoms with Gasteiger partial charge < -0.3 is 65.1 Å². The highest BCUT2D eigenvalue weighted by Crippen LogP contribution is 2.30. The molecule has 502 valence electrons. The molecule has 85 heavy (non-hydrogen) atoms. The number of aliphatic hydroxyl groups is 8. The van der Waals surface area contributed by atoms with Crippen molar-refractivity contribution in [1.29, 1.82) is 0 Å². The van der Waals surface area contributed by atoms with Crippen molar-refractivity contribution >= 4 is 5.91 Å². The molecule has 0 aliphatic carbocycles. The van der Waals surface area contributed by atoms with Gasteiger partial charge in [0.2, 0.25) is 5.91 Å². The van der Waals surface area contributed by atoms with E-state index in [1.54, 1.807) is 6.08 Å². The number of amides is 1. The molecular weight excluding hydrogens is 1070 g/mol. The van der Waals surface area contributed by atoms with Gasteiger partial charge in [0.15, 0.2) is 12.6 Å². The Balaban J connectivity index is 1.58. The number of carbonyl (C=O) groups excluding carboxylic acids is 1. The molecule has 1 amide bonds. The lowest BCUT2D eigenvalue weighted by atomic mass is 9.97. The van der Waals surface area contributed by atoms with Gasteiger partial charge in [-0.2, -0.15) is 0 Å². The highest BCUT2D eigenvalue weighted by molar-refractivity contribution is 5.76. The molecule has 9 N–H and O–H groups in total. The van der Waals surface area contributed by atoms with E-state index in [1.165, 1.54) is 263 Å². The number of hydrogen-bond donors (Lipinski definition) is 9. The van der Waals surface area contributed by atoms with Crippen LogP contribution in [0.3, 0.4) is 0 Å². The second-order valence-corrected chi connectivity index (χ2v) is 25.7. The van der Waals surface area contributed by atoms with Gasteiger partial charge in [-0.15, -0.1) is 0 Å². The first-order valence-corrected chi connectivity index (χ1v) is 36.1. The lowest BCUT2D eigenvalue weighted by Gasteiger charge is -2.46. The molecule has 2 rings (SSSR count). The van der Waals surface area contributed by atoms with Crippen molar-refractivity contribution < 1.29 is 64.6 Å². The number of hydrogen-bond acceptors (Lipinski definition) is 13. The maximum absolute atomic E-state index is 13.3. The molecule has 2 fully saturated rings. The van der Waals surface area contributed by atoms with E-state index >= 15 is 0 Å². The molecule has 12 unspecified atom stereocenters. The Kier molecular flexibility index (Phi) is 52.8. The van der Waals surface area contributed by atoms with Crippen LogP contribution in [0.1, 0.15) is 328 Å². The van der Waals surface area contributed by atoms with Crippen LogP contribution >= 0.6 is 0 Å². The summed E-state index contributed by atoms with van der Waals surface area (Å²) in [6.45, 7) is 2.82. The van der Waals surface area contributed by atoms with Crippen LogP contribution in [0, 0.1) is 0 Å². The first-order chi connectivity index (χ1) is 41.6. The number of unbranched alkanes of at least 4 members (excludes halogenated alkanes) is 45. The largest absolute Gasteiger partial charge is 0.394 e. The molecular formula is C71H135NO13. The average Bonchev–Trinajstić information content (AvgIpc) is 3.70. The second-order valence-electron chi connectivity index (χ2n) is 25.7. The Bertz CT molecular complexity index is 1520. The Morgan fingerprint density at radius 2 is 0.753 bits per heavy atom. The fourth-order valence-electron chi connectivity index (χ4n) is 12.1. The van der Waals surface area contributed by atoms with Crippen molar-refractivity contribution in [1.82, 2.24) is 5.32 Å². The van der Waals surface area contributed by atoms with Crippen LogP contribution < -0.4 is 5.32 Å². The summed E-state index contributed by atoms with van der Waals surface area (Å²) < 4.78 is 22.8. The van der Waals surface area contributed by atoms with E-state index in [-0.39, 0.29) is 18.9 Å². The maximum atomic E-state index is 13.3. The molecule has 14 nitrogen and oxygen atoms in total. The van der Waals surface area contributed by atoms with E-state index < -0.39 is 86.8 Å². The summed E-state index contributed by atoms with van der Waals surface area (Å²) in [6, 6.07) is -0.928. The minimum absolute atomic E-state index is 0.243. The van der Waals surface area contributed by atoms with Gasteiger partial charge in [-0.1, -0.05) is 314 Å². The van der Waals surface area contributed by atoms with Crippen molar-refractivity contribution in [2.75, 3.05) is 19.8 Å². The Morgan fingerprint density at radius 1 is 0.412 bits per heavy atom. The van der Waals surface area contributed by atoms with Crippen LogP contribution in [0.25, 0.3) is 0 Å². The highest BCUT2D eigenvalue weighted by Gasteiger charge is 2.51. The number of allylic oxidation sites excluding steroid dienone is 3. The molecule has 14 heteroatoms. The van der Waals surface area contributed by atoms with E-state index in [2.05, 4.69) is 31.3 Å². The molecule has 2 aliphatic rings. The lowest BCUT2D eigenvalue weighted by molar-refractivity contribution is -0.359. The topological polar surface area (TPSA) is 228 Å². The Hall–Kier alpha value is -1.53. The number of carbonyl (C=O) groups is 1. The lowest BCUT2D eigenvalue weighted by Crippen LogP contribution is -2.65. The summed E-state index contributed by atoms with van der Waals surface area (Å²) in [5, 5.41) is 87.2. The number of nitrogens with one attached hydrogen (secondary N) is 1. The quantitative estimate of drug-likeness (QED) is 0.0204. The highest BCUT2D eigenvalue weighted by atomic mass is 16.7. The summed E-state index contributed by atoms with van der Waals surface area (Å²) in [5.74, 6) is -0.243. The molecule has 0 radical (unpaired) electrons. The van der Waals surface area contributed by atoms with Crippen molar-refractivity contribution in [3.05, 3.63) is 24.3 Å². The van der Waals surface area contributed by atoms with Crippen LogP contribution in [0.2, 0.25) is 0 Å². The molecule has 0 aromatic carbocycles. The number of ether oxygens (including phenoxy) is 4. The summed E-state index contributed by atoms with van der Waals surface area (Å²) in [7, 11) is 0. The molecule has 0 aromatic heterocycles. The monoisotopic (exact) mass is 1210 g/mol. The summed E-state index contributed by atoms with van der Waals surface area (Å²) in [5.41, 5.74) is 0. The third-order valence-electron chi connectivity index (χ3n) is 17.9. The van der Waals surface area contributed by atoms with E-state index in [0.29, 0.717) is 12.8 Å². The van der Waals surface area contributed by atoms with E-state index in [9.17, 15) is 45.6 Å². The van der Waals surface area contributed by atoms with Gasteiger partial charge in [-0.3, -0.25) is 4.79 Å². The zero-order valence-corrected chi connectivity index (χ0v) is 54.6. The van der Waals surface area contributed by atoms with Gasteiger partial charge in [0.05, 0.1) is 32.0 Å². The minimum Gasteiger partial charge on any atom is -0.394 e. The molecule has 0 saturated carbocycles. The molecule has 2 aliphatic heterocycles. The van der Waals surface area contributed by atoms with E-state index in [4.69, 9.17) is 18.9 Å². The maximum Gasteiger partial charge on any atom is 0.220 e. The average molecular weight is 1210 g/mol. The first kappa shape index (κ1) is 79.6. The molecule has 2 saturated heterocycles. The summed E-state index contributed by atoms with van der Waals surface area (Å²) >= 11 is 0. The molecule has 2 heterocycles. The van der Waals surface area contributed by atoms with Gasteiger partial charge in [0.1, 0.15) is 48.8 Å². The van der Waals surface area contributed by atoms with Gasteiger partial charge in [-0.25, -0.2) is 0 Å². The van der Waals surface area contributed by atoms with E-state index in [1.807, 2.05) is 6.08 Å². The van der Waals surface area contributed by atoms with Gasteiger partial charge in [-0.05, 0) is 32.1 Å². The van der Waals surface area contributed by atoms with Crippen LogP contribution in [0.15, 0.2) is 24.3 Å². The van der Waals surface area contributed by atoms with Gasteiger partial charge >= 0.3 is 0 Å². The van der Waals surface area contributed by atoms with Crippen LogP contribution in [0.4, 0.5) is 0 Å². The summed E-state index contributed by atoms with van der Waals surface area (Å²) in [6.07, 6.45) is 54.2. The van der Waals surface area contributed by atoms with Crippen molar-refractivity contribution in [2.45, 2.75) is 402 Å². The Morgan fingerprint density at radius 3 is 1.15 bits per heavy atom. The summed E-state index contributed by atoms with van der Waals surface area (Å²) in [4.78, 5) is 13.3. The number of rotatable bonds is 60. The van der Waals surface area contributed by atoms with Crippen LogP contribution in [-0.4, -0.2) is 140 Å². The second kappa shape index (κ2) is 56.5. The molecule has 0 aromatic rings. The third-order valence-corrected chi connectivity index (χ3v) is 17.9. The fourth-order valence-corrected chi connectivity index (χ4v) is 12.1. The first-order valence-electron chi connectivity index (χ1n) is 36.1. The number of aliphatic hydroxyl groups excluding tert-OH is 8. The zero-order valence-electron chi connectivity index (χ0n) is 54.6. The normalized spacial score (nSPS) is 23.6. The van der Waals surface area contributed by atoms with E-state index in [0.717, 1.165) is 32.1 Å². The molecule has 12 atom stereocenters. The molecule has 0 bridgehead atoms. The predicted molar refractivity (Wildman–Crippen MR) is 346 cm³/mol. The predicted octanol–water partition coefficient (Wildman–Crippen LogP) is 14.7. The van der Waals surface area contributed by atoms with Crippen molar-refractivity contribution in [2.24, 2.45) is 0 Å². The van der Waals surface area contributed by atoms with Crippen molar-refractivity contribution in [3.63, 3.8) is 0 Å². The van der Waals surface area contributed by atoms with Crippen LogP contribution in [-0.2, 0) is 23.7 Å². The minimum atomic E-state index is -1.79. The van der Waals surface area contributed by atoms with Crippen molar-refractivity contribution in [3.8, 4) is 0 Å². The van der Waals surface area contributed by atoms with Crippen LogP contribution in [0.5, 0.6) is 0 Å². The third kappa shape index (κ3) is 40.8. The van der Waals surface area contributed by atoms with Gasteiger partial charge in [0.25, 0.3) is 0 Å². The zero-order chi connectivity index (χ0) is 61.6. The smallest absolute Gasteiger partial charge is 0.220 e. The standard InChI is InChI=1S/C71H135NO13/c1-3-5-7-9-11-13-15-17-19-20-21-22-23-24-25-26-27-28-29-30-31-32-33-34-35-36-37-38-39-41-43-45-47-49-51-53-55-63(76)72-59(60(75)54-52-50-48-46-44-42-40-18-16-14-12-10-8-6-4-2)58-82-70-68(81)66(79)69(62(57-74)84-70)85-71-67(80)65(78)64(77)61(56-73)83-71/h44,46,52,54,59-62,64-71,73-75,77-81H,3-43,45,47-51,53,55-58H2,1-2H3,(H,72,76)/b46-44+,54-52+. The molecule has 0 spiro atoms. The Labute approximate surface area is 519 Å². The SMILES string of the molecule is CCCCCCCCCCC/C=C/CC/C=C/C(O)C(COC1OC(CO)C(OC2OC(CO)C(O)C(O)C2O)C(O)C1O)NC(=O)CCCCCCCCCCCCCCCCCCCCCCCCCCCCCCCCCCCCCC. The fraction of sp³-hybridized carbons (Fsp3) is 0.930.